The zero-order valence-electron chi connectivity index (χ0n) is 7.12. The van der Waals surface area contributed by atoms with Gasteiger partial charge in [0.2, 0.25) is 0 Å². The molecule has 64 valence electrons. The van der Waals surface area contributed by atoms with Crippen molar-refractivity contribution in [3.63, 3.8) is 0 Å². The monoisotopic (exact) mass is 180 g/mol. The molecule has 0 atom stereocenters. The summed E-state index contributed by atoms with van der Waals surface area (Å²) in [6, 6.07) is 2.00. The Labute approximate surface area is 76.7 Å². The molecular weight excluding hydrogens is 168 g/mol. The van der Waals surface area contributed by atoms with Gasteiger partial charge in [0.25, 0.3) is 0 Å². The molecule has 0 unspecified atom stereocenters. The maximum atomic E-state index is 11.1. The first kappa shape index (κ1) is 9.20. The van der Waals surface area contributed by atoms with Crippen molar-refractivity contribution in [1.29, 1.82) is 0 Å². The van der Waals surface area contributed by atoms with Crippen molar-refractivity contribution in [3.05, 3.63) is 28.5 Å². The van der Waals surface area contributed by atoms with Gasteiger partial charge in [-0.15, -0.1) is 0 Å². The number of allylic oxidation sites excluding steroid dienone is 1. The van der Waals surface area contributed by atoms with Crippen LogP contribution in [0.3, 0.4) is 0 Å². The molecule has 0 aromatic carbocycles. The Bertz CT molecular complexity index is 259. The van der Waals surface area contributed by atoms with Crippen LogP contribution in [-0.2, 0) is 4.79 Å². The fourth-order valence-electron chi connectivity index (χ4n) is 0.889. The van der Waals surface area contributed by atoms with Gasteiger partial charge in [0.15, 0.2) is 5.78 Å². The van der Waals surface area contributed by atoms with Crippen LogP contribution < -0.4 is 0 Å². The summed E-state index contributed by atoms with van der Waals surface area (Å²) in [5.41, 5.74) is 1.12. The first-order chi connectivity index (χ1) is 5.83. The Morgan fingerprint density at radius 1 is 1.67 bits per heavy atom. The molecule has 1 nitrogen and oxygen atoms in total. The molecule has 2 heteroatoms. The molecule has 0 amide bonds. The fraction of sp³-hybridized carbons (Fsp3) is 0.300. The van der Waals surface area contributed by atoms with Crippen molar-refractivity contribution in [3.8, 4) is 0 Å². The molecule has 0 spiro atoms. The number of carbonyl (C=O) groups excluding carboxylic acids is 1. The molecule has 1 aromatic heterocycles. The van der Waals surface area contributed by atoms with Gasteiger partial charge in [-0.1, -0.05) is 13.0 Å². The average molecular weight is 180 g/mol. The standard InChI is InChI=1S/C10H12OS/c1-2-3-10(11)5-4-9-6-7-12-8-9/h4-8H,2-3H2,1H3. The van der Waals surface area contributed by atoms with E-state index in [-0.39, 0.29) is 5.78 Å². The van der Waals surface area contributed by atoms with Gasteiger partial charge in [-0.2, -0.15) is 11.3 Å². The first-order valence-corrected chi connectivity index (χ1v) is 5.00. The SMILES string of the molecule is CCCC(=O)C=Cc1ccsc1. The molecule has 0 N–H and O–H groups in total. The van der Waals surface area contributed by atoms with Gasteiger partial charge in [-0.25, -0.2) is 0 Å². The molecule has 0 radical (unpaired) electrons. The van der Waals surface area contributed by atoms with E-state index in [1.165, 1.54) is 0 Å². The van der Waals surface area contributed by atoms with Crippen molar-refractivity contribution in [2.45, 2.75) is 19.8 Å². The molecule has 0 fully saturated rings. The van der Waals surface area contributed by atoms with Crippen LogP contribution in [0.15, 0.2) is 22.9 Å². The lowest BCUT2D eigenvalue weighted by molar-refractivity contribution is -0.114. The van der Waals surface area contributed by atoms with E-state index in [9.17, 15) is 4.79 Å². The average Bonchev–Trinajstić information content (AvgIpc) is 2.53. The van der Waals surface area contributed by atoms with Gasteiger partial charge in [-0.3, -0.25) is 4.79 Å². The third-order valence-corrected chi connectivity index (χ3v) is 2.20. The minimum absolute atomic E-state index is 0.212. The van der Waals surface area contributed by atoms with Crippen LogP contribution >= 0.6 is 11.3 Å². The molecule has 1 aromatic rings. The minimum Gasteiger partial charge on any atom is -0.295 e. The molecule has 12 heavy (non-hydrogen) atoms. The molecule has 1 heterocycles. The number of hydrogen-bond donors (Lipinski definition) is 0. The highest BCUT2D eigenvalue weighted by Crippen LogP contribution is 2.07. The predicted octanol–water partition coefficient (Wildman–Crippen LogP) is 3.13. The van der Waals surface area contributed by atoms with E-state index in [0.29, 0.717) is 6.42 Å². The van der Waals surface area contributed by atoms with E-state index in [1.807, 2.05) is 29.8 Å². The summed E-state index contributed by atoms with van der Waals surface area (Å²) in [5.74, 6) is 0.212. The van der Waals surface area contributed by atoms with Crippen molar-refractivity contribution < 1.29 is 4.79 Å². The van der Waals surface area contributed by atoms with Crippen molar-refractivity contribution in [1.82, 2.24) is 0 Å². The molecule has 1 rings (SSSR count). The van der Waals surface area contributed by atoms with Crippen LogP contribution in [0.25, 0.3) is 6.08 Å². The minimum atomic E-state index is 0.212. The second-order valence-electron chi connectivity index (χ2n) is 2.61. The maximum Gasteiger partial charge on any atom is 0.155 e. The Morgan fingerprint density at radius 2 is 2.50 bits per heavy atom. The Kier molecular flexibility index (Phi) is 3.74. The van der Waals surface area contributed by atoms with Crippen LogP contribution in [0.2, 0.25) is 0 Å². The number of ketones is 1. The Morgan fingerprint density at radius 3 is 3.08 bits per heavy atom. The van der Waals surface area contributed by atoms with E-state index in [2.05, 4.69) is 0 Å². The summed E-state index contributed by atoms with van der Waals surface area (Å²) < 4.78 is 0. The number of thiophene rings is 1. The summed E-state index contributed by atoms with van der Waals surface area (Å²) in [6.07, 6.45) is 5.10. The first-order valence-electron chi connectivity index (χ1n) is 4.06. The lowest BCUT2D eigenvalue weighted by atomic mass is 10.2. The van der Waals surface area contributed by atoms with Crippen LogP contribution in [0.5, 0.6) is 0 Å². The van der Waals surface area contributed by atoms with E-state index < -0.39 is 0 Å². The molecule has 0 saturated heterocycles. The highest BCUT2D eigenvalue weighted by Gasteiger charge is 1.92. The second kappa shape index (κ2) is 4.88. The summed E-state index contributed by atoms with van der Waals surface area (Å²) in [6.45, 7) is 2.01. The number of carbonyl (C=O) groups is 1. The highest BCUT2D eigenvalue weighted by atomic mass is 32.1. The molecule has 0 saturated carbocycles. The quantitative estimate of drug-likeness (QED) is 0.650. The Balaban J connectivity index is 2.45. The summed E-state index contributed by atoms with van der Waals surface area (Å²) in [5, 5.41) is 4.03. The third-order valence-electron chi connectivity index (χ3n) is 1.50. The molecular formula is C10H12OS. The Hall–Kier alpha value is -0.890. The zero-order valence-corrected chi connectivity index (χ0v) is 7.93. The summed E-state index contributed by atoms with van der Waals surface area (Å²) in [7, 11) is 0. The number of rotatable bonds is 4. The summed E-state index contributed by atoms with van der Waals surface area (Å²) in [4.78, 5) is 11.1. The fourth-order valence-corrected chi connectivity index (χ4v) is 1.52. The van der Waals surface area contributed by atoms with Gasteiger partial charge in [-0.05, 0) is 34.9 Å². The lowest BCUT2D eigenvalue weighted by Gasteiger charge is -1.87. The van der Waals surface area contributed by atoms with Gasteiger partial charge >= 0.3 is 0 Å². The van der Waals surface area contributed by atoms with Crippen LogP contribution in [0.1, 0.15) is 25.3 Å². The van der Waals surface area contributed by atoms with Gasteiger partial charge in [0, 0.05) is 6.42 Å². The molecule has 0 aliphatic carbocycles. The van der Waals surface area contributed by atoms with Gasteiger partial charge in [0.1, 0.15) is 0 Å². The zero-order chi connectivity index (χ0) is 8.81. The normalized spacial score (nSPS) is 10.8. The topological polar surface area (TPSA) is 17.1 Å². The van der Waals surface area contributed by atoms with Crippen LogP contribution in [0.4, 0.5) is 0 Å². The van der Waals surface area contributed by atoms with E-state index in [1.54, 1.807) is 17.4 Å². The van der Waals surface area contributed by atoms with E-state index in [4.69, 9.17) is 0 Å². The van der Waals surface area contributed by atoms with E-state index >= 15 is 0 Å². The predicted molar refractivity (Wildman–Crippen MR) is 53.3 cm³/mol. The number of hydrogen-bond acceptors (Lipinski definition) is 2. The van der Waals surface area contributed by atoms with Gasteiger partial charge in [0.05, 0.1) is 0 Å². The lowest BCUT2D eigenvalue weighted by Crippen LogP contribution is -1.89. The van der Waals surface area contributed by atoms with Crippen LogP contribution in [0, 0.1) is 0 Å². The van der Waals surface area contributed by atoms with Crippen molar-refractivity contribution >= 4 is 23.2 Å². The largest absolute Gasteiger partial charge is 0.295 e. The van der Waals surface area contributed by atoms with Crippen molar-refractivity contribution in [2.75, 3.05) is 0 Å². The molecule has 0 aliphatic heterocycles. The molecule has 0 aliphatic rings. The third kappa shape index (κ3) is 3.01. The van der Waals surface area contributed by atoms with Crippen LogP contribution in [-0.4, -0.2) is 5.78 Å². The van der Waals surface area contributed by atoms with Gasteiger partial charge < -0.3 is 0 Å². The van der Waals surface area contributed by atoms with Crippen molar-refractivity contribution in [2.24, 2.45) is 0 Å². The second-order valence-corrected chi connectivity index (χ2v) is 3.39. The highest BCUT2D eigenvalue weighted by molar-refractivity contribution is 7.08. The summed E-state index contributed by atoms with van der Waals surface area (Å²) >= 11 is 1.64. The maximum absolute atomic E-state index is 11.1. The smallest absolute Gasteiger partial charge is 0.155 e. The molecule has 0 bridgehead atoms. The van der Waals surface area contributed by atoms with E-state index in [0.717, 1.165) is 12.0 Å².